The minimum atomic E-state index is 0.598. The molecule has 0 spiro atoms. The summed E-state index contributed by atoms with van der Waals surface area (Å²) in [4.78, 5) is 2.58. The number of rotatable bonds is 7. The van der Waals surface area contributed by atoms with Gasteiger partial charge in [0.25, 0.3) is 0 Å². The SMILES string of the molecule is CCN1CCC[C@@H]1CNCc1cn(Cc2ccc(Cl)c(Cl)c2)c2ccccc12. The summed E-state index contributed by atoms with van der Waals surface area (Å²) >= 11 is 12.3. The lowest BCUT2D eigenvalue weighted by Crippen LogP contribution is -2.37. The number of aromatic nitrogens is 1. The van der Waals surface area contributed by atoms with Crippen LogP contribution in [0.5, 0.6) is 0 Å². The van der Waals surface area contributed by atoms with Crippen molar-refractivity contribution in [3.63, 3.8) is 0 Å². The molecule has 0 bridgehead atoms. The third-order valence-electron chi connectivity index (χ3n) is 5.81. The van der Waals surface area contributed by atoms with E-state index in [2.05, 4.69) is 52.2 Å². The van der Waals surface area contributed by atoms with Gasteiger partial charge in [-0.2, -0.15) is 0 Å². The van der Waals surface area contributed by atoms with Gasteiger partial charge in [-0.1, -0.05) is 54.4 Å². The minimum absolute atomic E-state index is 0.598. The van der Waals surface area contributed by atoms with Gasteiger partial charge in [0, 0.05) is 42.8 Å². The number of likely N-dealkylation sites (tertiary alicyclic amines) is 1. The maximum atomic E-state index is 6.20. The van der Waals surface area contributed by atoms with E-state index >= 15 is 0 Å². The van der Waals surface area contributed by atoms with Gasteiger partial charge >= 0.3 is 0 Å². The highest BCUT2D eigenvalue weighted by Crippen LogP contribution is 2.26. The molecule has 0 unspecified atom stereocenters. The number of likely N-dealkylation sites (N-methyl/N-ethyl adjacent to an activating group) is 1. The number of fused-ring (bicyclic) bond motifs is 1. The van der Waals surface area contributed by atoms with Crippen molar-refractivity contribution in [1.29, 1.82) is 0 Å². The van der Waals surface area contributed by atoms with Crippen LogP contribution in [-0.4, -0.2) is 35.1 Å². The molecule has 1 atom stereocenters. The standard InChI is InChI=1S/C23H27Cl2N3/c1-2-27-11-5-6-19(27)14-26-13-18-16-28(23-8-4-3-7-20(18)23)15-17-9-10-21(24)22(25)12-17/h3-4,7-10,12,16,19,26H,2,5-6,11,13-15H2,1H3/t19-/m1/s1. The molecule has 0 aliphatic carbocycles. The van der Waals surface area contributed by atoms with Gasteiger partial charge in [-0.25, -0.2) is 0 Å². The average Bonchev–Trinajstić information content (AvgIpc) is 3.30. The quantitative estimate of drug-likeness (QED) is 0.543. The highest BCUT2D eigenvalue weighted by molar-refractivity contribution is 6.42. The van der Waals surface area contributed by atoms with Crippen molar-refractivity contribution >= 4 is 34.1 Å². The summed E-state index contributed by atoms with van der Waals surface area (Å²) < 4.78 is 2.31. The summed E-state index contributed by atoms with van der Waals surface area (Å²) in [6.45, 7) is 7.38. The van der Waals surface area contributed by atoms with Crippen LogP contribution in [0, 0.1) is 0 Å². The molecule has 148 valence electrons. The minimum Gasteiger partial charge on any atom is -0.343 e. The lowest BCUT2D eigenvalue weighted by molar-refractivity contribution is 0.260. The van der Waals surface area contributed by atoms with Crippen molar-refractivity contribution in [2.45, 2.75) is 38.9 Å². The topological polar surface area (TPSA) is 20.2 Å². The summed E-state index contributed by atoms with van der Waals surface area (Å²) in [7, 11) is 0. The Balaban J connectivity index is 1.50. The summed E-state index contributed by atoms with van der Waals surface area (Å²) in [6, 6.07) is 15.2. The van der Waals surface area contributed by atoms with Gasteiger partial charge in [-0.15, -0.1) is 0 Å². The molecule has 0 amide bonds. The van der Waals surface area contributed by atoms with Crippen LogP contribution in [0.15, 0.2) is 48.7 Å². The second-order valence-electron chi connectivity index (χ2n) is 7.60. The Morgan fingerprint density at radius 2 is 1.96 bits per heavy atom. The van der Waals surface area contributed by atoms with Crippen molar-refractivity contribution in [2.75, 3.05) is 19.6 Å². The molecule has 1 fully saturated rings. The van der Waals surface area contributed by atoms with Crippen LogP contribution in [0.3, 0.4) is 0 Å². The van der Waals surface area contributed by atoms with Gasteiger partial charge in [0.15, 0.2) is 0 Å². The van der Waals surface area contributed by atoms with Crippen molar-refractivity contribution < 1.29 is 0 Å². The molecule has 5 heteroatoms. The van der Waals surface area contributed by atoms with E-state index in [-0.39, 0.29) is 0 Å². The molecule has 4 rings (SSSR count). The third-order valence-corrected chi connectivity index (χ3v) is 6.55. The molecule has 3 aromatic rings. The van der Waals surface area contributed by atoms with Gasteiger partial charge in [-0.3, -0.25) is 4.90 Å². The molecular formula is C23H27Cl2N3. The summed E-state index contributed by atoms with van der Waals surface area (Å²) in [5.41, 5.74) is 3.75. The van der Waals surface area contributed by atoms with Crippen molar-refractivity contribution in [3.05, 3.63) is 69.8 Å². The van der Waals surface area contributed by atoms with Crippen LogP contribution in [0.25, 0.3) is 10.9 Å². The van der Waals surface area contributed by atoms with E-state index < -0.39 is 0 Å². The number of nitrogens with one attached hydrogen (secondary N) is 1. The van der Waals surface area contributed by atoms with Gasteiger partial charge < -0.3 is 9.88 Å². The van der Waals surface area contributed by atoms with Gasteiger partial charge in [-0.05, 0) is 55.3 Å². The van der Waals surface area contributed by atoms with Crippen LogP contribution in [0.4, 0.5) is 0 Å². The van der Waals surface area contributed by atoms with E-state index in [1.807, 2.05) is 18.2 Å². The summed E-state index contributed by atoms with van der Waals surface area (Å²) in [5, 5.41) is 6.22. The fourth-order valence-electron chi connectivity index (χ4n) is 4.35. The lowest BCUT2D eigenvalue weighted by atomic mass is 10.1. The Morgan fingerprint density at radius 3 is 2.79 bits per heavy atom. The molecular weight excluding hydrogens is 389 g/mol. The second-order valence-corrected chi connectivity index (χ2v) is 8.42. The van der Waals surface area contributed by atoms with Crippen LogP contribution in [0.2, 0.25) is 10.0 Å². The number of hydrogen-bond donors (Lipinski definition) is 1. The molecule has 28 heavy (non-hydrogen) atoms. The number of benzene rings is 2. The Morgan fingerprint density at radius 1 is 1.11 bits per heavy atom. The van der Waals surface area contributed by atoms with E-state index in [0.29, 0.717) is 16.1 Å². The summed E-state index contributed by atoms with van der Waals surface area (Å²) in [5.74, 6) is 0. The molecule has 1 N–H and O–H groups in total. The first-order chi connectivity index (χ1) is 13.7. The molecule has 2 heterocycles. The average molecular weight is 416 g/mol. The fourth-order valence-corrected chi connectivity index (χ4v) is 4.67. The second kappa shape index (κ2) is 8.87. The fraction of sp³-hybridized carbons (Fsp3) is 0.391. The molecule has 2 aromatic carbocycles. The van der Waals surface area contributed by atoms with Crippen molar-refractivity contribution in [3.8, 4) is 0 Å². The Labute approximate surface area is 177 Å². The zero-order valence-corrected chi connectivity index (χ0v) is 17.8. The molecule has 1 aliphatic rings. The zero-order chi connectivity index (χ0) is 19.5. The van der Waals surface area contributed by atoms with Crippen LogP contribution >= 0.6 is 23.2 Å². The summed E-state index contributed by atoms with van der Waals surface area (Å²) in [6.07, 6.45) is 4.90. The van der Waals surface area contributed by atoms with Crippen LogP contribution in [-0.2, 0) is 13.1 Å². The van der Waals surface area contributed by atoms with Gasteiger partial charge in [0.05, 0.1) is 10.0 Å². The molecule has 1 aliphatic heterocycles. The van der Waals surface area contributed by atoms with E-state index in [1.165, 1.54) is 35.9 Å². The smallest absolute Gasteiger partial charge is 0.0595 e. The number of halogens is 2. The highest BCUT2D eigenvalue weighted by atomic mass is 35.5. The van der Waals surface area contributed by atoms with Crippen LogP contribution < -0.4 is 5.32 Å². The zero-order valence-electron chi connectivity index (χ0n) is 16.3. The van der Waals surface area contributed by atoms with Crippen molar-refractivity contribution in [2.24, 2.45) is 0 Å². The predicted octanol–water partition coefficient (Wildman–Crippen LogP) is 5.57. The first-order valence-corrected chi connectivity index (χ1v) is 10.9. The van der Waals surface area contributed by atoms with E-state index in [1.54, 1.807) is 0 Å². The molecule has 1 saturated heterocycles. The lowest BCUT2D eigenvalue weighted by Gasteiger charge is -2.22. The Bertz CT molecular complexity index is 950. The Hall–Kier alpha value is -1.52. The molecule has 3 nitrogen and oxygen atoms in total. The predicted molar refractivity (Wildman–Crippen MR) is 119 cm³/mol. The van der Waals surface area contributed by atoms with E-state index in [4.69, 9.17) is 23.2 Å². The maximum absolute atomic E-state index is 6.20. The monoisotopic (exact) mass is 415 g/mol. The van der Waals surface area contributed by atoms with Crippen LogP contribution in [0.1, 0.15) is 30.9 Å². The number of nitrogens with zero attached hydrogens (tertiary/aromatic N) is 2. The largest absolute Gasteiger partial charge is 0.343 e. The molecule has 0 saturated carbocycles. The van der Waals surface area contributed by atoms with Gasteiger partial charge in [0.2, 0.25) is 0 Å². The Kier molecular flexibility index (Phi) is 6.27. The van der Waals surface area contributed by atoms with E-state index in [0.717, 1.165) is 31.7 Å². The first kappa shape index (κ1) is 19.8. The maximum Gasteiger partial charge on any atom is 0.0595 e. The molecule has 0 radical (unpaired) electrons. The normalized spacial score (nSPS) is 17.6. The van der Waals surface area contributed by atoms with E-state index in [9.17, 15) is 0 Å². The van der Waals surface area contributed by atoms with Gasteiger partial charge in [0.1, 0.15) is 0 Å². The number of para-hydroxylation sites is 1. The highest BCUT2D eigenvalue weighted by Gasteiger charge is 2.22. The third kappa shape index (κ3) is 4.23. The van der Waals surface area contributed by atoms with Crippen molar-refractivity contribution in [1.82, 2.24) is 14.8 Å². The number of hydrogen-bond acceptors (Lipinski definition) is 2. The first-order valence-electron chi connectivity index (χ1n) is 10.1. The molecule has 1 aromatic heterocycles.